The van der Waals surface area contributed by atoms with Crippen LogP contribution in [0.3, 0.4) is 0 Å². The van der Waals surface area contributed by atoms with Gasteiger partial charge >= 0.3 is 0 Å². The largest absolute Gasteiger partial charge is 0.493 e. The fourth-order valence-electron chi connectivity index (χ4n) is 3.82. The summed E-state index contributed by atoms with van der Waals surface area (Å²) in [4.78, 5) is 3.69. The molecule has 4 rings (SSSR count). The van der Waals surface area contributed by atoms with Gasteiger partial charge in [-0.1, -0.05) is 18.2 Å². The maximum atomic E-state index is 5.58. The molecule has 1 aromatic heterocycles. The maximum Gasteiger partial charge on any atom is 0.203 e. The van der Waals surface area contributed by atoms with Gasteiger partial charge in [0.15, 0.2) is 11.5 Å². The van der Waals surface area contributed by atoms with Gasteiger partial charge in [-0.05, 0) is 54.5 Å². The first-order chi connectivity index (χ1) is 15.2. The Morgan fingerprint density at radius 1 is 1.03 bits per heavy atom. The third kappa shape index (κ3) is 4.69. The Labute approximate surface area is 187 Å². The Morgan fingerprint density at radius 3 is 2.48 bits per heavy atom. The monoisotopic (exact) mass is 437 g/mol. The lowest BCUT2D eigenvalue weighted by molar-refractivity contribution is 0.323. The summed E-state index contributed by atoms with van der Waals surface area (Å²) >= 11 is 1.88. The SMILES string of the molecule is COc1cc([C@@H]2CCN(C/C=C/c3ccco3)c3ccccc3S2)cc(OC)c1OC. The number of thioether (sulfide) groups is 1. The first-order valence-electron chi connectivity index (χ1n) is 10.2. The summed E-state index contributed by atoms with van der Waals surface area (Å²) in [5.74, 6) is 2.87. The van der Waals surface area contributed by atoms with Gasteiger partial charge in [-0.2, -0.15) is 0 Å². The van der Waals surface area contributed by atoms with Crippen molar-refractivity contribution in [2.75, 3.05) is 39.3 Å². The number of nitrogens with zero attached hydrogens (tertiary/aromatic N) is 1. The van der Waals surface area contributed by atoms with Crippen LogP contribution < -0.4 is 19.1 Å². The molecule has 2 aromatic carbocycles. The molecule has 2 heterocycles. The number of hydrogen-bond acceptors (Lipinski definition) is 6. The van der Waals surface area contributed by atoms with E-state index in [9.17, 15) is 0 Å². The lowest BCUT2D eigenvalue weighted by Crippen LogP contribution is -2.24. The van der Waals surface area contributed by atoms with Gasteiger partial charge in [0, 0.05) is 23.2 Å². The van der Waals surface area contributed by atoms with Crippen molar-refractivity contribution in [3.63, 3.8) is 0 Å². The van der Waals surface area contributed by atoms with Crippen molar-refractivity contribution >= 4 is 23.5 Å². The van der Waals surface area contributed by atoms with Crippen molar-refractivity contribution in [1.29, 1.82) is 0 Å². The van der Waals surface area contributed by atoms with Crippen LogP contribution in [0.25, 0.3) is 6.08 Å². The van der Waals surface area contributed by atoms with Gasteiger partial charge in [-0.3, -0.25) is 0 Å². The van der Waals surface area contributed by atoms with Crippen LogP contribution in [0.5, 0.6) is 17.2 Å². The molecule has 0 fully saturated rings. The molecule has 0 spiro atoms. The van der Waals surface area contributed by atoms with Crippen LogP contribution in [0.2, 0.25) is 0 Å². The molecule has 162 valence electrons. The van der Waals surface area contributed by atoms with E-state index in [1.54, 1.807) is 27.6 Å². The number of hydrogen-bond donors (Lipinski definition) is 0. The summed E-state index contributed by atoms with van der Waals surface area (Å²) in [6, 6.07) is 16.6. The summed E-state index contributed by atoms with van der Waals surface area (Å²) in [5, 5.41) is 0.272. The van der Waals surface area contributed by atoms with E-state index in [2.05, 4.69) is 47.4 Å². The zero-order valence-electron chi connectivity index (χ0n) is 18.0. The third-order valence-electron chi connectivity index (χ3n) is 5.35. The van der Waals surface area contributed by atoms with Crippen molar-refractivity contribution in [2.24, 2.45) is 0 Å². The van der Waals surface area contributed by atoms with Crippen LogP contribution >= 0.6 is 11.8 Å². The highest BCUT2D eigenvalue weighted by Crippen LogP contribution is 2.48. The highest BCUT2D eigenvalue weighted by molar-refractivity contribution is 7.99. The fourth-order valence-corrected chi connectivity index (χ4v) is 5.09. The Balaban J connectivity index is 1.61. The van der Waals surface area contributed by atoms with Gasteiger partial charge in [0.25, 0.3) is 0 Å². The molecule has 0 bridgehead atoms. The average molecular weight is 438 g/mol. The van der Waals surface area contributed by atoms with Crippen LogP contribution in [0, 0.1) is 0 Å². The van der Waals surface area contributed by atoms with Gasteiger partial charge < -0.3 is 23.5 Å². The number of anilines is 1. The zero-order valence-corrected chi connectivity index (χ0v) is 18.9. The zero-order chi connectivity index (χ0) is 21.6. The quantitative estimate of drug-likeness (QED) is 0.447. The second kappa shape index (κ2) is 9.88. The molecule has 5 nitrogen and oxygen atoms in total. The van der Waals surface area contributed by atoms with Crippen LogP contribution in [-0.2, 0) is 0 Å². The molecule has 0 amide bonds. The predicted molar refractivity (Wildman–Crippen MR) is 126 cm³/mol. The Hall–Kier alpha value is -2.99. The van der Waals surface area contributed by atoms with Crippen LogP contribution in [-0.4, -0.2) is 34.4 Å². The summed E-state index contributed by atoms with van der Waals surface area (Å²) in [5.41, 5.74) is 2.42. The fraction of sp³-hybridized carbons (Fsp3) is 0.280. The lowest BCUT2D eigenvalue weighted by Gasteiger charge is -2.23. The molecule has 1 aliphatic heterocycles. The summed E-state index contributed by atoms with van der Waals surface area (Å²) in [7, 11) is 4.94. The number of ether oxygens (including phenoxy) is 3. The average Bonchev–Trinajstić information content (AvgIpc) is 3.26. The number of methoxy groups -OCH3 is 3. The first kappa shape index (κ1) is 21.2. The van der Waals surface area contributed by atoms with Crippen molar-refractivity contribution in [3.05, 3.63) is 72.2 Å². The van der Waals surface area contributed by atoms with Gasteiger partial charge in [0.2, 0.25) is 5.75 Å². The Morgan fingerprint density at radius 2 is 1.81 bits per heavy atom. The normalized spacial score (nSPS) is 16.1. The number of furan rings is 1. The highest BCUT2D eigenvalue weighted by Gasteiger charge is 2.25. The van der Waals surface area contributed by atoms with E-state index in [-0.39, 0.29) is 5.25 Å². The molecule has 0 radical (unpaired) electrons. The molecule has 0 unspecified atom stereocenters. The van der Waals surface area contributed by atoms with Crippen LogP contribution in [0.15, 0.2) is 70.2 Å². The molecule has 1 aliphatic rings. The topological polar surface area (TPSA) is 44.1 Å². The minimum atomic E-state index is 0.272. The van der Waals surface area contributed by atoms with Gasteiger partial charge in [0.05, 0.1) is 33.3 Å². The van der Waals surface area contributed by atoms with E-state index < -0.39 is 0 Å². The molecular weight excluding hydrogens is 410 g/mol. The molecule has 6 heteroatoms. The lowest BCUT2D eigenvalue weighted by atomic mass is 10.1. The second-order valence-corrected chi connectivity index (χ2v) is 8.43. The predicted octanol–water partition coefficient (Wildman–Crippen LogP) is 6.06. The van der Waals surface area contributed by atoms with E-state index in [1.165, 1.54) is 16.1 Å². The molecule has 31 heavy (non-hydrogen) atoms. The van der Waals surface area contributed by atoms with E-state index in [4.69, 9.17) is 18.6 Å². The van der Waals surface area contributed by atoms with Crippen molar-refractivity contribution in [1.82, 2.24) is 0 Å². The molecule has 3 aromatic rings. The number of fused-ring (bicyclic) bond motifs is 1. The first-order valence-corrected chi connectivity index (χ1v) is 11.1. The van der Waals surface area contributed by atoms with E-state index in [0.717, 1.165) is 25.3 Å². The summed E-state index contributed by atoms with van der Waals surface area (Å²) < 4.78 is 22.1. The van der Waals surface area contributed by atoms with Crippen LogP contribution in [0.4, 0.5) is 5.69 Å². The van der Waals surface area contributed by atoms with Crippen molar-refractivity contribution in [2.45, 2.75) is 16.6 Å². The number of para-hydroxylation sites is 1. The standard InChI is InChI=1S/C25H27NO4S/c1-27-21-16-18(17-22(28-2)25(21)29-3)23-12-14-26(13-6-8-19-9-7-15-30-19)20-10-4-5-11-24(20)31-23/h4-11,15-17,23H,12-14H2,1-3H3/b8-6+/t23-/m0/s1. The molecule has 0 saturated heterocycles. The molecule has 1 atom stereocenters. The third-order valence-corrected chi connectivity index (χ3v) is 6.74. The highest BCUT2D eigenvalue weighted by atomic mass is 32.2. The Kier molecular flexibility index (Phi) is 6.77. The Bertz CT molecular complexity index is 1010. The number of rotatable bonds is 7. The van der Waals surface area contributed by atoms with E-state index in [0.29, 0.717) is 17.2 Å². The van der Waals surface area contributed by atoms with Gasteiger partial charge in [0.1, 0.15) is 5.76 Å². The van der Waals surface area contributed by atoms with E-state index >= 15 is 0 Å². The van der Waals surface area contributed by atoms with Crippen molar-refractivity contribution in [3.8, 4) is 17.2 Å². The summed E-state index contributed by atoms with van der Waals surface area (Å²) in [6.45, 7) is 1.76. The minimum Gasteiger partial charge on any atom is -0.493 e. The van der Waals surface area contributed by atoms with Gasteiger partial charge in [-0.15, -0.1) is 11.8 Å². The van der Waals surface area contributed by atoms with Crippen molar-refractivity contribution < 1.29 is 18.6 Å². The van der Waals surface area contributed by atoms with Gasteiger partial charge in [-0.25, -0.2) is 0 Å². The molecule has 0 saturated carbocycles. The molecule has 0 N–H and O–H groups in total. The minimum absolute atomic E-state index is 0.272. The number of benzene rings is 2. The summed E-state index contributed by atoms with van der Waals surface area (Å²) in [6.07, 6.45) is 6.86. The molecule has 0 aliphatic carbocycles. The van der Waals surface area contributed by atoms with Crippen LogP contribution in [0.1, 0.15) is 23.0 Å². The molecular formula is C25H27NO4S. The second-order valence-electron chi connectivity index (χ2n) is 7.19. The van der Waals surface area contributed by atoms with E-state index in [1.807, 2.05) is 30.0 Å². The maximum absolute atomic E-state index is 5.58. The smallest absolute Gasteiger partial charge is 0.203 e.